The zero-order chi connectivity index (χ0) is 17.8. The Labute approximate surface area is 152 Å². The second-order valence-electron chi connectivity index (χ2n) is 6.19. The Hall–Kier alpha value is -1.90. The zero-order valence-corrected chi connectivity index (χ0v) is 15.6. The van der Waals surface area contributed by atoms with Crippen molar-refractivity contribution in [2.75, 3.05) is 52.8 Å². The number of methoxy groups -OCH3 is 2. The summed E-state index contributed by atoms with van der Waals surface area (Å²) >= 11 is 5.51. The third-order valence-electron chi connectivity index (χ3n) is 4.69. The van der Waals surface area contributed by atoms with Crippen LogP contribution in [0, 0.1) is 4.77 Å². The molecule has 0 bridgehead atoms. The lowest BCUT2D eigenvalue weighted by molar-refractivity contribution is -0.910. The van der Waals surface area contributed by atoms with Crippen LogP contribution in [0.2, 0.25) is 0 Å². The molecule has 1 aromatic carbocycles. The Morgan fingerprint density at radius 1 is 1.24 bits per heavy atom. The Kier molecular flexibility index (Phi) is 5.72. The van der Waals surface area contributed by atoms with Crippen LogP contribution in [0.3, 0.4) is 0 Å². The van der Waals surface area contributed by atoms with E-state index in [1.54, 1.807) is 19.1 Å². The van der Waals surface area contributed by atoms with Gasteiger partial charge in [-0.2, -0.15) is 0 Å². The van der Waals surface area contributed by atoms with E-state index in [0.717, 1.165) is 56.7 Å². The predicted molar refractivity (Wildman–Crippen MR) is 97.8 cm³/mol. The first-order valence-corrected chi connectivity index (χ1v) is 8.93. The molecule has 0 amide bonds. The molecule has 0 radical (unpaired) electrons. The number of nitrogens with two attached hydrogens (primary N) is 1. The molecule has 0 unspecified atom stereocenters. The monoisotopic (exact) mass is 366 g/mol. The molecule has 2 aromatic rings. The highest BCUT2D eigenvalue weighted by molar-refractivity contribution is 7.71. The van der Waals surface area contributed by atoms with E-state index in [1.807, 2.05) is 16.7 Å². The molecule has 1 aliphatic heterocycles. The second-order valence-corrected chi connectivity index (χ2v) is 6.57. The van der Waals surface area contributed by atoms with E-state index in [4.69, 9.17) is 32.2 Å². The van der Waals surface area contributed by atoms with Crippen molar-refractivity contribution in [3.05, 3.63) is 16.9 Å². The van der Waals surface area contributed by atoms with E-state index in [-0.39, 0.29) is 0 Å². The fourth-order valence-corrected chi connectivity index (χ4v) is 3.55. The number of morpholine rings is 1. The number of ether oxygens (including phenoxy) is 3. The van der Waals surface area contributed by atoms with Gasteiger partial charge in [0.15, 0.2) is 11.5 Å². The summed E-state index contributed by atoms with van der Waals surface area (Å²) in [5.41, 5.74) is 7.25. The number of hydrogen-bond acceptors (Lipinski definition) is 5. The van der Waals surface area contributed by atoms with Crippen molar-refractivity contribution in [1.82, 2.24) is 4.98 Å². The van der Waals surface area contributed by atoms with Gasteiger partial charge in [0.1, 0.15) is 18.6 Å². The van der Waals surface area contributed by atoms with Crippen LogP contribution in [-0.2, 0) is 11.3 Å². The summed E-state index contributed by atoms with van der Waals surface area (Å²) in [6.07, 6.45) is 1.01. The summed E-state index contributed by atoms with van der Waals surface area (Å²) in [7, 11) is 3.23. The summed E-state index contributed by atoms with van der Waals surface area (Å²) in [5.74, 6) is 1.95. The van der Waals surface area contributed by atoms with Crippen molar-refractivity contribution >= 4 is 28.9 Å². The summed E-state index contributed by atoms with van der Waals surface area (Å²) in [6.45, 7) is 5.72. The van der Waals surface area contributed by atoms with Crippen LogP contribution in [0.25, 0.3) is 10.9 Å². The number of nitrogens with zero attached hydrogens (tertiary/aromatic N) is 1. The number of H-pyrrole nitrogens is 1. The number of hydrogen-bond donors (Lipinski definition) is 3. The molecular weight excluding hydrogens is 340 g/mol. The van der Waals surface area contributed by atoms with Crippen LogP contribution in [0.1, 0.15) is 6.42 Å². The average Bonchev–Trinajstić information content (AvgIpc) is 2.64. The number of quaternary nitrogens is 1. The molecule has 0 atom stereocenters. The Bertz CT molecular complexity index is 803. The minimum absolute atomic E-state index is 0.620. The van der Waals surface area contributed by atoms with Gasteiger partial charge in [0.2, 0.25) is 5.82 Å². The highest BCUT2D eigenvalue weighted by atomic mass is 32.1. The molecule has 1 aromatic heterocycles. The lowest BCUT2D eigenvalue weighted by Gasteiger charge is -2.23. The second kappa shape index (κ2) is 7.99. The van der Waals surface area contributed by atoms with E-state index in [9.17, 15) is 0 Å². The molecule has 0 saturated carbocycles. The van der Waals surface area contributed by atoms with Gasteiger partial charge in [-0.25, -0.2) is 4.57 Å². The summed E-state index contributed by atoms with van der Waals surface area (Å²) in [5, 5.41) is 0.880. The first-order chi connectivity index (χ1) is 12.1. The van der Waals surface area contributed by atoms with E-state index in [1.165, 1.54) is 0 Å². The molecule has 25 heavy (non-hydrogen) atoms. The molecule has 0 spiro atoms. The van der Waals surface area contributed by atoms with Crippen molar-refractivity contribution in [2.45, 2.75) is 13.0 Å². The van der Waals surface area contributed by atoms with Crippen molar-refractivity contribution < 1.29 is 23.7 Å². The highest BCUT2D eigenvalue weighted by Crippen LogP contribution is 2.32. The van der Waals surface area contributed by atoms with Crippen LogP contribution in [0.15, 0.2) is 12.1 Å². The maximum atomic E-state index is 6.41. The quantitative estimate of drug-likeness (QED) is 0.499. The van der Waals surface area contributed by atoms with Gasteiger partial charge in [-0.05, 0) is 12.2 Å². The van der Waals surface area contributed by atoms with Gasteiger partial charge in [0, 0.05) is 18.6 Å². The molecule has 7 nitrogen and oxygen atoms in total. The fourth-order valence-electron chi connectivity index (χ4n) is 3.25. The van der Waals surface area contributed by atoms with Gasteiger partial charge in [0.25, 0.3) is 4.77 Å². The summed E-state index contributed by atoms with van der Waals surface area (Å²) in [4.78, 5) is 4.83. The molecular formula is C17H26N4O3S+2. The van der Waals surface area contributed by atoms with Gasteiger partial charge in [0.05, 0.1) is 45.9 Å². The minimum atomic E-state index is 0.620. The van der Waals surface area contributed by atoms with Gasteiger partial charge in [-0.3, -0.25) is 4.98 Å². The molecule has 1 saturated heterocycles. The Morgan fingerprint density at radius 3 is 2.60 bits per heavy atom. The van der Waals surface area contributed by atoms with Crippen molar-refractivity contribution in [2.24, 2.45) is 0 Å². The van der Waals surface area contributed by atoms with Gasteiger partial charge in [-0.1, -0.05) is 0 Å². The van der Waals surface area contributed by atoms with E-state index < -0.39 is 0 Å². The number of rotatable bonds is 6. The third kappa shape index (κ3) is 3.86. The predicted octanol–water partition coefficient (Wildman–Crippen LogP) is 0.0895. The number of fused-ring (bicyclic) bond motifs is 1. The topological polar surface area (TPSA) is 77.8 Å². The van der Waals surface area contributed by atoms with Crippen LogP contribution in [0.5, 0.6) is 11.5 Å². The molecule has 0 aliphatic carbocycles. The first-order valence-electron chi connectivity index (χ1n) is 8.52. The minimum Gasteiger partial charge on any atom is -0.493 e. The molecule has 1 aliphatic rings. The lowest BCUT2D eigenvalue weighted by Crippen LogP contribution is -3.14. The Morgan fingerprint density at radius 2 is 1.92 bits per heavy atom. The van der Waals surface area contributed by atoms with Crippen molar-refractivity contribution in [3.8, 4) is 11.5 Å². The highest BCUT2D eigenvalue weighted by Gasteiger charge is 2.18. The maximum Gasteiger partial charge on any atom is 0.295 e. The third-order valence-corrected chi connectivity index (χ3v) is 5.01. The van der Waals surface area contributed by atoms with E-state index >= 15 is 0 Å². The van der Waals surface area contributed by atoms with Gasteiger partial charge < -0.3 is 24.8 Å². The molecule has 4 N–H and O–H groups in total. The van der Waals surface area contributed by atoms with Crippen molar-refractivity contribution in [1.29, 1.82) is 0 Å². The number of benzene rings is 1. The molecule has 1 fully saturated rings. The van der Waals surface area contributed by atoms with Gasteiger partial charge >= 0.3 is 0 Å². The molecule has 136 valence electrons. The summed E-state index contributed by atoms with van der Waals surface area (Å²) in [6, 6.07) is 3.75. The standard InChI is InChI=1S/C17H24N4O3S/c1-22-14-10-12-13(11-15(14)23-2)19-17(25)21(16(12)18)5-3-4-20-6-8-24-9-7-20/h10-11H,3-9H2,1-2H3,(H2,18,19,25)/p+2. The van der Waals surface area contributed by atoms with E-state index in [2.05, 4.69) is 4.98 Å². The molecule has 3 rings (SSSR count). The van der Waals surface area contributed by atoms with Crippen LogP contribution < -0.4 is 24.7 Å². The van der Waals surface area contributed by atoms with Crippen LogP contribution >= 0.6 is 12.2 Å². The summed E-state index contributed by atoms with van der Waals surface area (Å²) < 4.78 is 18.7. The zero-order valence-electron chi connectivity index (χ0n) is 14.8. The van der Waals surface area contributed by atoms with Crippen LogP contribution in [-0.4, -0.2) is 52.1 Å². The number of aromatic amines is 1. The number of anilines is 1. The van der Waals surface area contributed by atoms with Crippen molar-refractivity contribution in [3.63, 3.8) is 0 Å². The average molecular weight is 366 g/mol. The number of aromatic nitrogens is 2. The molecule has 8 heteroatoms. The van der Waals surface area contributed by atoms with E-state index in [0.29, 0.717) is 22.1 Å². The number of nitrogen functional groups attached to an aromatic ring is 1. The largest absolute Gasteiger partial charge is 0.493 e. The lowest BCUT2D eigenvalue weighted by atomic mass is 10.2. The van der Waals surface area contributed by atoms with Gasteiger partial charge in [-0.15, -0.1) is 0 Å². The fraction of sp³-hybridized carbons (Fsp3) is 0.529. The molecule has 2 heterocycles. The normalized spacial score (nSPS) is 15.4. The maximum absolute atomic E-state index is 6.41. The number of nitrogens with one attached hydrogen (secondary N) is 2. The Balaban J connectivity index is 1.83. The van der Waals surface area contributed by atoms with Crippen LogP contribution in [0.4, 0.5) is 5.82 Å². The first kappa shape index (κ1) is 17.9. The smallest absolute Gasteiger partial charge is 0.295 e. The SMILES string of the molecule is COc1cc2[nH]c(=S)[n+](CCC[NH+]3CCOCC3)c(N)c2cc1OC.